The molecule has 2 aromatic rings. The highest BCUT2D eigenvalue weighted by Gasteiger charge is 2.28. The number of carbonyl (C=O) groups excluding carboxylic acids is 2. The first-order chi connectivity index (χ1) is 12.1. The summed E-state index contributed by atoms with van der Waals surface area (Å²) >= 11 is 0. The van der Waals surface area contributed by atoms with E-state index in [9.17, 15) is 14.7 Å². The summed E-state index contributed by atoms with van der Waals surface area (Å²) in [5.74, 6) is -2.30. The predicted octanol–water partition coefficient (Wildman–Crippen LogP) is 1.61. The van der Waals surface area contributed by atoms with Crippen LogP contribution in [0.4, 0.5) is 0 Å². The van der Waals surface area contributed by atoms with Gasteiger partial charge in [0.15, 0.2) is 11.5 Å². The first-order valence-electron chi connectivity index (χ1n) is 7.80. The molecular weight excluding hydrogens is 326 g/mol. The fourth-order valence-corrected chi connectivity index (χ4v) is 2.57. The van der Waals surface area contributed by atoms with Crippen molar-refractivity contribution in [3.05, 3.63) is 47.4 Å². The molecule has 1 unspecified atom stereocenters. The summed E-state index contributed by atoms with van der Waals surface area (Å²) in [6.07, 6.45) is 1.72. The fraction of sp³-hybridized carbons (Fsp3) is 0.294. The quantitative estimate of drug-likeness (QED) is 0.806. The zero-order valence-electron chi connectivity index (χ0n) is 13.6. The number of esters is 2. The number of hydrogen-bond donors (Lipinski definition) is 2. The molecule has 0 radical (unpaired) electrons. The Labute approximate surface area is 143 Å². The Morgan fingerprint density at radius 1 is 1.20 bits per heavy atom. The van der Waals surface area contributed by atoms with Crippen molar-refractivity contribution in [2.45, 2.75) is 18.9 Å². The maximum absolute atomic E-state index is 12.2. The first kappa shape index (κ1) is 16.8. The minimum atomic E-state index is -0.826. The van der Waals surface area contributed by atoms with Crippen LogP contribution in [0, 0.1) is 0 Å². The van der Waals surface area contributed by atoms with E-state index in [1.54, 1.807) is 30.3 Å². The number of nitrogens with one attached hydrogen (secondary N) is 1. The predicted molar refractivity (Wildman–Crippen MR) is 86.4 cm³/mol. The molecule has 130 valence electrons. The average Bonchev–Trinajstić information content (AvgIpc) is 3.18. The summed E-state index contributed by atoms with van der Waals surface area (Å²) in [5.41, 5.74) is -0.0257. The second-order valence-corrected chi connectivity index (χ2v) is 5.48. The van der Waals surface area contributed by atoms with E-state index >= 15 is 0 Å². The summed E-state index contributed by atoms with van der Waals surface area (Å²) in [6, 6.07) is 8.02. The molecule has 1 aliphatic rings. The Bertz CT molecular complexity index is 788. The molecule has 1 saturated heterocycles. The molecule has 25 heavy (non-hydrogen) atoms. The molecule has 3 rings (SSSR count). The molecule has 0 amide bonds. The third-order valence-electron chi connectivity index (χ3n) is 3.82. The van der Waals surface area contributed by atoms with Gasteiger partial charge in [-0.15, -0.1) is 0 Å². The lowest BCUT2D eigenvalue weighted by Crippen LogP contribution is -2.20. The lowest BCUT2D eigenvalue weighted by atomic mass is 10.2. The molecular formula is C17H17N3O5. The van der Waals surface area contributed by atoms with Crippen LogP contribution in [0.1, 0.15) is 45.6 Å². The Morgan fingerprint density at radius 3 is 2.60 bits per heavy atom. The minimum Gasteiger partial charge on any atom is -0.491 e. The molecule has 2 N–H and O–H groups in total. The number of rotatable bonds is 4. The molecule has 1 aliphatic heterocycles. The van der Waals surface area contributed by atoms with Gasteiger partial charge in [-0.05, 0) is 31.5 Å². The van der Waals surface area contributed by atoms with Crippen molar-refractivity contribution in [1.29, 1.82) is 0 Å². The molecule has 0 saturated carbocycles. The van der Waals surface area contributed by atoms with Crippen LogP contribution in [0.5, 0.6) is 11.6 Å². The van der Waals surface area contributed by atoms with Crippen molar-refractivity contribution in [2.75, 3.05) is 13.7 Å². The highest BCUT2D eigenvalue weighted by Crippen LogP contribution is 2.31. The van der Waals surface area contributed by atoms with Gasteiger partial charge in [0.2, 0.25) is 5.75 Å². The van der Waals surface area contributed by atoms with Crippen molar-refractivity contribution < 1.29 is 24.2 Å². The van der Waals surface area contributed by atoms with E-state index in [0.29, 0.717) is 0 Å². The van der Waals surface area contributed by atoms with Crippen LogP contribution >= 0.6 is 0 Å². The highest BCUT2D eigenvalue weighted by atomic mass is 16.6. The first-order valence-corrected chi connectivity index (χ1v) is 7.80. The number of ether oxygens (including phenoxy) is 2. The molecule has 1 aromatic carbocycles. The van der Waals surface area contributed by atoms with Gasteiger partial charge in [-0.2, -0.15) is 4.98 Å². The summed E-state index contributed by atoms with van der Waals surface area (Å²) in [5, 5.41) is 13.4. The third kappa shape index (κ3) is 3.58. The van der Waals surface area contributed by atoms with Crippen LogP contribution in [-0.2, 0) is 4.74 Å². The number of methoxy groups -OCH3 is 1. The van der Waals surface area contributed by atoms with Crippen molar-refractivity contribution in [2.24, 2.45) is 0 Å². The zero-order valence-corrected chi connectivity index (χ0v) is 13.6. The van der Waals surface area contributed by atoms with Crippen LogP contribution in [0.25, 0.3) is 0 Å². The van der Waals surface area contributed by atoms with E-state index in [1.165, 1.54) is 7.11 Å². The van der Waals surface area contributed by atoms with Gasteiger partial charge >= 0.3 is 11.9 Å². The molecule has 0 bridgehead atoms. The van der Waals surface area contributed by atoms with E-state index < -0.39 is 23.6 Å². The van der Waals surface area contributed by atoms with Crippen LogP contribution in [0.2, 0.25) is 0 Å². The molecule has 8 nitrogen and oxygen atoms in total. The van der Waals surface area contributed by atoms with Crippen LogP contribution < -0.4 is 10.1 Å². The summed E-state index contributed by atoms with van der Waals surface area (Å²) in [6.45, 7) is 0.799. The van der Waals surface area contributed by atoms with Gasteiger partial charge in [0, 0.05) is 0 Å². The maximum atomic E-state index is 12.2. The van der Waals surface area contributed by atoms with Gasteiger partial charge in [0.25, 0.3) is 5.88 Å². The number of benzene rings is 1. The number of hydrogen-bond acceptors (Lipinski definition) is 8. The largest absolute Gasteiger partial charge is 0.491 e. The lowest BCUT2D eigenvalue weighted by Gasteiger charge is -2.14. The molecule has 0 spiro atoms. The molecule has 1 aromatic heterocycles. The van der Waals surface area contributed by atoms with Gasteiger partial charge in [-0.25, -0.2) is 14.6 Å². The van der Waals surface area contributed by atoms with Crippen molar-refractivity contribution >= 4 is 11.9 Å². The molecule has 0 aliphatic carbocycles. The second-order valence-electron chi connectivity index (χ2n) is 5.48. The minimum absolute atomic E-state index is 0.173. The third-order valence-corrected chi connectivity index (χ3v) is 3.82. The van der Waals surface area contributed by atoms with Gasteiger partial charge in [-0.3, -0.25) is 0 Å². The van der Waals surface area contributed by atoms with E-state index in [-0.39, 0.29) is 23.1 Å². The van der Waals surface area contributed by atoms with E-state index in [2.05, 4.69) is 20.0 Å². The highest BCUT2D eigenvalue weighted by molar-refractivity contribution is 5.95. The lowest BCUT2D eigenvalue weighted by molar-refractivity contribution is 0.0582. The van der Waals surface area contributed by atoms with Crippen LogP contribution in [0.15, 0.2) is 30.3 Å². The molecule has 8 heteroatoms. The topological polar surface area (TPSA) is 111 Å². The second kappa shape index (κ2) is 7.27. The fourth-order valence-electron chi connectivity index (χ4n) is 2.57. The Kier molecular flexibility index (Phi) is 4.90. The molecule has 2 heterocycles. The smallest absolute Gasteiger partial charge is 0.360 e. The van der Waals surface area contributed by atoms with E-state index in [0.717, 1.165) is 19.4 Å². The number of aromatic hydroxyl groups is 1. The summed E-state index contributed by atoms with van der Waals surface area (Å²) in [7, 11) is 1.18. The van der Waals surface area contributed by atoms with Crippen molar-refractivity contribution in [3.8, 4) is 11.6 Å². The average molecular weight is 343 g/mol. The van der Waals surface area contributed by atoms with Gasteiger partial charge < -0.3 is 19.9 Å². The standard InChI is InChI=1S/C17H17N3O5/c1-24-17(23)12-13(25-16(22)10-6-3-2-4-7-10)15(21)20-14(19-12)11-8-5-9-18-11/h2-4,6-7,11,18H,5,8-9H2,1H3,(H,19,20,21). The van der Waals surface area contributed by atoms with Crippen molar-refractivity contribution in [1.82, 2.24) is 15.3 Å². The number of carbonyl (C=O) groups is 2. The number of nitrogens with zero attached hydrogens (tertiary/aromatic N) is 2. The van der Waals surface area contributed by atoms with Crippen LogP contribution in [0.3, 0.4) is 0 Å². The SMILES string of the molecule is COC(=O)c1nc(C2CCCN2)nc(O)c1OC(=O)c1ccccc1. The van der Waals surface area contributed by atoms with E-state index in [1.807, 2.05) is 0 Å². The Morgan fingerprint density at radius 2 is 1.96 bits per heavy atom. The molecule has 1 fully saturated rings. The Balaban J connectivity index is 1.96. The van der Waals surface area contributed by atoms with Crippen molar-refractivity contribution in [3.63, 3.8) is 0 Å². The van der Waals surface area contributed by atoms with Crippen LogP contribution in [-0.4, -0.2) is 40.7 Å². The van der Waals surface area contributed by atoms with E-state index in [4.69, 9.17) is 4.74 Å². The summed E-state index contributed by atoms with van der Waals surface area (Å²) < 4.78 is 9.85. The number of aromatic nitrogens is 2. The zero-order chi connectivity index (χ0) is 17.8. The Hall–Kier alpha value is -3.00. The van der Waals surface area contributed by atoms with Gasteiger partial charge in [-0.1, -0.05) is 18.2 Å². The monoisotopic (exact) mass is 343 g/mol. The normalized spacial score (nSPS) is 16.4. The van der Waals surface area contributed by atoms with Gasteiger partial charge in [0.05, 0.1) is 18.7 Å². The molecule has 1 atom stereocenters. The maximum Gasteiger partial charge on any atom is 0.360 e. The van der Waals surface area contributed by atoms with Gasteiger partial charge in [0.1, 0.15) is 0 Å². The summed E-state index contributed by atoms with van der Waals surface area (Å²) in [4.78, 5) is 32.4.